The Labute approximate surface area is 70.4 Å². The zero-order chi connectivity index (χ0) is 7.90. The van der Waals surface area contributed by atoms with E-state index >= 15 is 0 Å². The van der Waals surface area contributed by atoms with Crippen LogP contribution in [0.5, 0.6) is 0 Å². The van der Waals surface area contributed by atoms with Gasteiger partial charge in [-0.1, -0.05) is 11.9 Å². The third kappa shape index (κ3) is 1.05. The molecule has 2 rings (SSSR count). The molecule has 0 unspecified atom stereocenters. The van der Waals surface area contributed by atoms with E-state index in [0.717, 1.165) is 19.5 Å². The molecule has 4 heteroatoms. The summed E-state index contributed by atoms with van der Waals surface area (Å²) < 4.78 is 0. The monoisotopic (exact) mass is 172 g/mol. The lowest BCUT2D eigenvalue weighted by Crippen LogP contribution is -2.62. The van der Waals surface area contributed by atoms with Crippen LogP contribution in [0.2, 0.25) is 0 Å². The van der Waals surface area contributed by atoms with E-state index in [1.807, 2.05) is 4.90 Å². The zero-order valence-corrected chi connectivity index (χ0v) is 7.14. The van der Waals surface area contributed by atoms with Crippen molar-refractivity contribution < 1.29 is 4.79 Å². The van der Waals surface area contributed by atoms with Gasteiger partial charge in [-0.2, -0.15) is 0 Å². The minimum absolute atomic E-state index is 0.484. The fraction of sp³-hybridized carbons (Fsp3) is 0.857. The molecule has 11 heavy (non-hydrogen) atoms. The fourth-order valence-corrected chi connectivity index (χ4v) is 3.05. The van der Waals surface area contributed by atoms with E-state index in [2.05, 4.69) is 0 Å². The smallest absolute Gasteiger partial charge is 0.209 e. The van der Waals surface area contributed by atoms with Gasteiger partial charge in [0.15, 0.2) is 0 Å². The number of hydrogen-bond donors (Lipinski definition) is 1. The normalized spacial score (nSPS) is 27.9. The highest BCUT2D eigenvalue weighted by atomic mass is 32.2. The van der Waals surface area contributed by atoms with Crippen LogP contribution in [0.3, 0.4) is 0 Å². The molecule has 1 saturated carbocycles. The first-order valence-corrected chi connectivity index (χ1v) is 4.77. The SMILES string of the molecule is NSC1CC2(C1)CN(C=O)C2. The molecular weight excluding hydrogens is 160 g/mol. The van der Waals surface area contributed by atoms with Gasteiger partial charge in [-0.25, -0.2) is 0 Å². The Hall–Kier alpha value is -0.220. The highest BCUT2D eigenvalue weighted by molar-refractivity contribution is 7.97. The Bertz CT molecular complexity index is 171. The van der Waals surface area contributed by atoms with Crippen molar-refractivity contribution in [2.45, 2.75) is 18.1 Å². The number of carbonyl (C=O) groups excluding carboxylic acids is 1. The Morgan fingerprint density at radius 3 is 2.64 bits per heavy atom. The summed E-state index contributed by atoms with van der Waals surface area (Å²) in [6.07, 6.45) is 3.35. The molecule has 1 amide bonds. The molecule has 62 valence electrons. The molecule has 3 nitrogen and oxygen atoms in total. The number of nitrogens with zero attached hydrogens (tertiary/aromatic N) is 1. The van der Waals surface area contributed by atoms with Gasteiger partial charge in [0.1, 0.15) is 0 Å². The number of nitrogens with two attached hydrogens (primary N) is 1. The van der Waals surface area contributed by atoms with Crippen molar-refractivity contribution in [3.8, 4) is 0 Å². The highest BCUT2D eigenvalue weighted by Gasteiger charge is 2.51. The molecule has 1 aliphatic carbocycles. The summed E-state index contributed by atoms with van der Waals surface area (Å²) in [7, 11) is 0. The second-order valence-corrected chi connectivity index (χ2v) is 4.62. The van der Waals surface area contributed by atoms with Gasteiger partial charge in [0.05, 0.1) is 0 Å². The summed E-state index contributed by atoms with van der Waals surface area (Å²) in [4.78, 5) is 12.1. The standard InChI is InChI=1S/C7H12N2OS/c8-11-6-1-7(2-6)3-9(4-7)5-10/h5-6H,1-4,8H2. The van der Waals surface area contributed by atoms with Gasteiger partial charge in [0, 0.05) is 23.8 Å². The summed E-state index contributed by atoms with van der Waals surface area (Å²) in [5.74, 6) is 0. The average Bonchev–Trinajstić information content (AvgIpc) is 1.83. The van der Waals surface area contributed by atoms with Crippen LogP contribution >= 0.6 is 11.9 Å². The second kappa shape index (κ2) is 2.38. The molecule has 0 aromatic rings. The molecule has 2 N–H and O–H groups in total. The van der Waals surface area contributed by atoms with Crippen LogP contribution in [-0.2, 0) is 4.79 Å². The lowest BCUT2D eigenvalue weighted by Gasteiger charge is -2.57. The first kappa shape index (κ1) is 7.43. The predicted octanol–water partition coefficient (Wildman–Crippen LogP) is 0.214. The van der Waals surface area contributed by atoms with E-state index in [9.17, 15) is 4.79 Å². The van der Waals surface area contributed by atoms with E-state index in [0.29, 0.717) is 10.7 Å². The molecule has 1 saturated heterocycles. The van der Waals surface area contributed by atoms with Gasteiger partial charge in [-0.3, -0.25) is 9.93 Å². The van der Waals surface area contributed by atoms with E-state index in [4.69, 9.17) is 5.14 Å². The fourth-order valence-electron chi connectivity index (χ4n) is 2.15. The molecule has 0 aromatic heterocycles. The third-order valence-electron chi connectivity index (χ3n) is 2.74. The van der Waals surface area contributed by atoms with E-state index < -0.39 is 0 Å². The minimum atomic E-state index is 0.484. The molecule has 1 heterocycles. The Morgan fingerprint density at radius 2 is 2.18 bits per heavy atom. The number of amides is 1. The molecule has 0 bridgehead atoms. The van der Waals surface area contributed by atoms with E-state index in [-0.39, 0.29) is 0 Å². The van der Waals surface area contributed by atoms with Crippen molar-refractivity contribution >= 4 is 18.4 Å². The van der Waals surface area contributed by atoms with Crippen molar-refractivity contribution in [1.29, 1.82) is 0 Å². The lowest BCUT2D eigenvalue weighted by atomic mass is 9.63. The van der Waals surface area contributed by atoms with Crippen LogP contribution in [0.15, 0.2) is 0 Å². The lowest BCUT2D eigenvalue weighted by molar-refractivity contribution is -0.134. The summed E-state index contributed by atoms with van der Waals surface area (Å²) in [5, 5.41) is 6.09. The molecular formula is C7H12N2OS. The van der Waals surface area contributed by atoms with Crippen LogP contribution in [-0.4, -0.2) is 29.6 Å². The maximum absolute atomic E-state index is 10.3. The van der Waals surface area contributed by atoms with E-state index in [1.165, 1.54) is 24.8 Å². The quantitative estimate of drug-likeness (QED) is 0.478. The first-order chi connectivity index (χ1) is 5.28. The van der Waals surface area contributed by atoms with E-state index in [1.54, 1.807) is 0 Å². The molecule has 2 aliphatic rings. The van der Waals surface area contributed by atoms with Crippen molar-refractivity contribution in [2.24, 2.45) is 10.6 Å². The average molecular weight is 172 g/mol. The van der Waals surface area contributed by atoms with Gasteiger partial charge >= 0.3 is 0 Å². The molecule has 2 fully saturated rings. The summed E-state index contributed by atoms with van der Waals surface area (Å²) in [5.41, 5.74) is 0.484. The number of rotatable bonds is 2. The third-order valence-corrected chi connectivity index (χ3v) is 3.46. The highest BCUT2D eigenvalue weighted by Crippen LogP contribution is 2.51. The van der Waals surface area contributed by atoms with Crippen LogP contribution in [0.25, 0.3) is 0 Å². The van der Waals surface area contributed by atoms with Crippen molar-refractivity contribution in [2.75, 3.05) is 13.1 Å². The Balaban J connectivity index is 1.79. The maximum Gasteiger partial charge on any atom is 0.209 e. The maximum atomic E-state index is 10.3. The molecule has 1 aliphatic heterocycles. The number of likely N-dealkylation sites (tertiary alicyclic amines) is 1. The summed E-state index contributed by atoms with van der Waals surface area (Å²) in [6, 6.07) is 0. The Kier molecular flexibility index (Phi) is 1.61. The van der Waals surface area contributed by atoms with Gasteiger partial charge in [-0.15, -0.1) is 0 Å². The molecule has 0 atom stereocenters. The zero-order valence-electron chi connectivity index (χ0n) is 6.32. The minimum Gasteiger partial charge on any atom is -0.344 e. The predicted molar refractivity (Wildman–Crippen MR) is 44.9 cm³/mol. The van der Waals surface area contributed by atoms with Gasteiger partial charge < -0.3 is 4.90 Å². The number of carbonyl (C=O) groups is 1. The molecule has 0 radical (unpaired) electrons. The topological polar surface area (TPSA) is 46.3 Å². The van der Waals surface area contributed by atoms with Crippen molar-refractivity contribution in [3.05, 3.63) is 0 Å². The van der Waals surface area contributed by atoms with Crippen molar-refractivity contribution in [3.63, 3.8) is 0 Å². The number of hydrogen-bond acceptors (Lipinski definition) is 3. The van der Waals surface area contributed by atoms with Crippen LogP contribution in [0.4, 0.5) is 0 Å². The van der Waals surface area contributed by atoms with Gasteiger partial charge in [-0.05, 0) is 12.8 Å². The molecule has 0 aromatic carbocycles. The first-order valence-electron chi connectivity index (χ1n) is 3.83. The largest absolute Gasteiger partial charge is 0.344 e. The molecule has 1 spiro atoms. The van der Waals surface area contributed by atoms with Crippen LogP contribution < -0.4 is 5.14 Å². The van der Waals surface area contributed by atoms with Crippen molar-refractivity contribution in [1.82, 2.24) is 4.90 Å². The van der Waals surface area contributed by atoms with Gasteiger partial charge in [0.2, 0.25) is 6.41 Å². The second-order valence-electron chi connectivity index (χ2n) is 3.68. The summed E-state index contributed by atoms with van der Waals surface area (Å²) >= 11 is 1.47. The van der Waals surface area contributed by atoms with Crippen LogP contribution in [0, 0.1) is 5.41 Å². The Morgan fingerprint density at radius 1 is 1.55 bits per heavy atom. The van der Waals surface area contributed by atoms with Gasteiger partial charge in [0.25, 0.3) is 0 Å². The van der Waals surface area contributed by atoms with Crippen LogP contribution in [0.1, 0.15) is 12.8 Å². The summed E-state index contributed by atoms with van der Waals surface area (Å²) in [6.45, 7) is 1.93.